The van der Waals surface area contributed by atoms with Crippen LogP contribution < -0.4 is 0 Å². The summed E-state index contributed by atoms with van der Waals surface area (Å²) in [5.74, 6) is 3.39. The van der Waals surface area contributed by atoms with Crippen LogP contribution in [0.25, 0.3) is 223 Å². The molecule has 0 aliphatic carbocycles. The van der Waals surface area contributed by atoms with Crippen LogP contribution in [0.4, 0.5) is 0 Å². The fourth-order valence-corrected chi connectivity index (χ4v) is 16.3. The van der Waals surface area contributed by atoms with Crippen molar-refractivity contribution in [3.05, 3.63) is 413 Å². The molecule has 8 heteroatoms. The third-order valence-electron chi connectivity index (χ3n) is 22.0. The molecule has 4 heterocycles. The van der Waals surface area contributed by atoms with Crippen LogP contribution in [0.1, 0.15) is 0 Å². The average molecular weight is 1480 g/mol. The summed E-state index contributed by atoms with van der Waals surface area (Å²) >= 11 is 0. The van der Waals surface area contributed by atoms with Crippen LogP contribution in [0, 0.1) is 0 Å². The maximum atomic E-state index is 7.31. The molecule has 21 aromatic rings. The first-order valence-corrected chi connectivity index (χ1v) is 39.0. The van der Waals surface area contributed by atoms with Crippen LogP contribution >= 0.6 is 0 Å². The van der Waals surface area contributed by atoms with Gasteiger partial charge in [0.05, 0.1) is 0 Å². The molecule has 542 valence electrons. The zero-order valence-electron chi connectivity index (χ0n) is 62.8. The normalized spacial score (nSPS) is 11.4. The van der Waals surface area contributed by atoms with Crippen LogP contribution in [0.5, 0.6) is 0 Å². The van der Waals surface area contributed by atoms with Crippen molar-refractivity contribution >= 4 is 43.9 Å². The first kappa shape index (κ1) is 68.4. The molecule has 0 bridgehead atoms. The highest BCUT2D eigenvalue weighted by Crippen LogP contribution is 2.47. The van der Waals surface area contributed by atoms with Gasteiger partial charge in [-0.3, -0.25) is 0 Å². The van der Waals surface area contributed by atoms with Crippen LogP contribution in [0.15, 0.2) is 421 Å². The number of nitrogens with zero attached hydrogens (tertiary/aromatic N) is 6. The molecular weight excluding hydrogens is 1410 g/mol. The predicted molar refractivity (Wildman–Crippen MR) is 475 cm³/mol. The van der Waals surface area contributed by atoms with Crippen molar-refractivity contribution in [3.8, 4) is 180 Å². The number of benzene rings is 17. The van der Waals surface area contributed by atoms with E-state index in [4.69, 9.17) is 38.7 Å². The molecule has 0 saturated heterocycles. The molecule has 0 saturated carbocycles. The average Bonchev–Trinajstić information content (AvgIpc) is 1.57. The lowest BCUT2D eigenvalue weighted by Crippen LogP contribution is -2.00. The van der Waals surface area contributed by atoms with E-state index in [2.05, 4.69) is 340 Å². The second-order valence-corrected chi connectivity index (χ2v) is 29.2. The summed E-state index contributed by atoms with van der Waals surface area (Å²) in [5, 5.41) is 3.73. The van der Waals surface area contributed by atoms with Crippen molar-refractivity contribution in [1.29, 1.82) is 0 Å². The molecule has 116 heavy (non-hydrogen) atoms. The molecular formula is C108H68N6O2. The van der Waals surface area contributed by atoms with Crippen LogP contribution in [0.3, 0.4) is 0 Å². The molecule has 0 aliphatic rings. The third kappa shape index (κ3) is 13.0. The van der Waals surface area contributed by atoms with E-state index < -0.39 is 0 Å². The van der Waals surface area contributed by atoms with Crippen LogP contribution in [-0.4, -0.2) is 29.9 Å². The fraction of sp³-hybridized carbons (Fsp3) is 0. The zero-order valence-corrected chi connectivity index (χ0v) is 62.8. The van der Waals surface area contributed by atoms with E-state index in [0.717, 1.165) is 189 Å². The van der Waals surface area contributed by atoms with Crippen molar-refractivity contribution in [2.45, 2.75) is 0 Å². The summed E-state index contributed by atoms with van der Waals surface area (Å²) < 4.78 is 14.0. The Morgan fingerprint density at radius 3 is 0.922 bits per heavy atom. The van der Waals surface area contributed by atoms with Crippen molar-refractivity contribution in [1.82, 2.24) is 29.9 Å². The summed E-state index contributed by atoms with van der Waals surface area (Å²) in [5.41, 5.74) is 29.9. The number of furan rings is 2. The van der Waals surface area contributed by atoms with E-state index in [0.29, 0.717) is 34.9 Å². The number of fused-ring (bicyclic) bond motifs is 6. The van der Waals surface area contributed by atoms with E-state index in [1.807, 2.05) is 72.8 Å². The summed E-state index contributed by atoms with van der Waals surface area (Å²) in [6.45, 7) is 0. The predicted octanol–water partition coefficient (Wildman–Crippen LogP) is 28.5. The van der Waals surface area contributed by atoms with E-state index in [9.17, 15) is 0 Å². The first-order chi connectivity index (χ1) is 57.4. The second kappa shape index (κ2) is 29.6. The summed E-state index contributed by atoms with van der Waals surface area (Å²) in [7, 11) is 0. The molecule has 0 amide bonds. The highest BCUT2D eigenvalue weighted by Gasteiger charge is 2.25. The van der Waals surface area contributed by atoms with Crippen molar-refractivity contribution < 1.29 is 8.83 Å². The molecule has 0 N–H and O–H groups in total. The van der Waals surface area contributed by atoms with E-state index in [-0.39, 0.29) is 0 Å². The zero-order chi connectivity index (χ0) is 76.8. The maximum absolute atomic E-state index is 7.31. The monoisotopic (exact) mass is 1480 g/mol. The Morgan fingerprint density at radius 2 is 0.422 bits per heavy atom. The van der Waals surface area contributed by atoms with Gasteiger partial charge >= 0.3 is 0 Å². The van der Waals surface area contributed by atoms with Gasteiger partial charge in [0, 0.05) is 60.5 Å². The van der Waals surface area contributed by atoms with E-state index in [1.54, 1.807) is 0 Å². The molecule has 17 aromatic carbocycles. The minimum atomic E-state index is 0.531. The number of hydrogen-bond acceptors (Lipinski definition) is 8. The minimum Gasteiger partial charge on any atom is -0.456 e. The Morgan fingerprint density at radius 1 is 0.138 bits per heavy atom. The molecule has 0 aliphatic heterocycles. The van der Waals surface area contributed by atoms with Gasteiger partial charge in [0.2, 0.25) is 0 Å². The Balaban J connectivity index is 0.670. The molecule has 8 nitrogen and oxygen atoms in total. The van der Waals surface area contributed by atoms with Crippen molar-refractivity contribution in [3.63, 3.8) is 0 Å². The van der Waals surface area contributed by atoms with E-state index >= 15 is 0 Å². The highest BCUT2D eigenvalue weighted by molar-refractivity contribution is 6.17. The Bertz CT molecular complexity index is 7280. The molecule has 0 radical (unpaired) electrons. The van der Waals surface area contributed by atoms with Crippen molar-refractivity contribution in [2.75, 3.05) is 0 Å². The number of aromatic nitrogens is 6. The van der Waals surface area contributed by atoms with E-state index in [1.165, 1.54) is 0 Å². The van der Waals surface area contributed by atoms with Gasteiger partial charge in [-0.2, -0.15) is 0 Å². The maximum Gasteiger partial charge on any atom is 0.164 e. The summed E-state index contributed by atoms with van der Waals surface area (Å²) in [4.78, 5) is 31.7. The minimum absolute atomic E-state index is 0.531. The topological polar surface area (TPSA) is 104 Å². The van der Waals surface area contributed by atoms with Gasteiger partial charge in [-0.25, -0.2) is 29.9 Å². The lowest BCUT2D eigenvalue weighted by molar-refractivity contribution is 0.669. The second-order valence-electron chi connectivity index (χ2n) is 29.2. The lowest BCUT2D eigenvalue weighted by Gasteiger charge is -2.14. The van der Waals surface area contributed by atoms with Gasteiger partial charge in [-0.05, 0) is 179 Å². The van der Waals surface area contributed by atoms with Crippen LogP contribution in [-0.2, 0) is 0 Å². The van der Waals surface area contributed by atoms with Gasteiger partial charge in [-0.15, -0.1) is 0 Å². The first-order valence-electron chi connectivity index (χ1n) is 39.0. The SMILES string of the molecule is c1ccc(-c2ccc(-c3nc(-c4ccccc4)nc(-c4cccc5oc6ccc(-c7ccc(-c8cccc(-c9cccc(-c%10ccc(-c%11nc(-c%12ccccc%12)nc(-c%12cccc(-c%13ccccc%13)c%12)n%11)c%11c%10oc%10ccc(-c%12ccc(-c%13ccccc%13)cc%12-c%12ccccc%12)cc%10%11)c9)c8)cc7-c7ccccc7)cc6c45)n3)cc2)cc1. The van der Waals surface area contributed by atoms with Crippen molar-refractivity contribution in [2.24, 2.45) is 0 Å². The Kier molecular flexibility index (Phi) is 17.4. The molecule has 0 atom stereocenters. The Hall–Kier alpha value is -15.6. The summed E-state index contributed by atoms with van der Waals surface area (Å²) in [6.07, 6.45) is 0. The number of hydrogen-bond donors (Lipinski definition) is 0. The largest absolute Gasteiger partial charge is 0.456 e. The number of rotatable bonds is 16. The summed E-state index contributed by atoms with van der Waals surface area (Å²) in [6, 6.07) is 145. The van der Waals surface area contributed by atoms with Gasteiger partial charge < -0.3 is 8.83 Å². The molecule has 21 rings (SSSR count). The molecule has 4 aromatic heterocycles. The van der Waals surface area contributed by atoms with Crippen LogP contribution in [0.2, 0.25) is 0 Å². The quantitative estimate of drug-likeness (QED) is 0.0942. The van der Waals surface area contributed by atoms with Gasteiger partial charge in [-0.1, -0.05) is 340 Å². The van der Waals surface area contributed by atoms with Gasteiger partial charge in [0.1, 0.15) is 22.3 Å². The van der Waals surface area contributed by atoms with Gasteiger partial charge in [0.15, 0.2) is 34.9 Å². The smallest absolute Gasteiger partial charge is 0.164 e. The molecule has 0 spiro atoms. The Labute approximate surface area is 670 Å². The molecule has 0 unspecified atom stereocenters. The standard InChI is InChI=1S/C108H68N6O2/c1-8-26-69(27-9-1)72-48-50-77(51-49-72)105-109-103(75-36-18-6-19-37-75)111-107(113-105)91-46-25-47-99-100(91)95-67-85(54-60-97(95)115-99)89-57-53-83(66-94(89)74-34-16-5-17-35-74)80-42-22-41-79(62-80)81-43-23-44-84(63-81)90-58-59-92(108-112-104(76-38-20-7-21-39-76)110-106(114-108)87-45-24-40-78(64-87)70-28-10-2-11-29-70)101-96-68-86(55-61-98(96)116-102(90)101)88-56-52-82(71-30-12-3-13-31-71)65-93(88)73-32-14-4-15-33-73/h1-68H. The lowest BCUT2D eigenvalue weighted by atomic mass is 9.89. The highest BCUT2D eigenvalue weighted by atomic mass is 16.3. The fourth-order valence-electron chi connectivity index (χ4n) is 16.3. The third-order valence-corrected chi connectivity index (χ3v) is 22.0. The van der Waals surface area contributed by atoms with Gasteiger partial charge in [0.25, 0.3) is 0 Å². The molecule has 0 fully saturated rings.